The van der Waals surface area contributed by atoms with Gasteiger partial charge in [-0.2, -0.15) is 0 Å². The Labute approximate surface area is 256 Å². The lowest BCUT2D eigenvalue weighted by atomic mass is 9.59. The van der Waals surface area contributed by atoms with Crippen LogP contribution in [0.5, 0.6) is 11.5 Å². The van der Waals surface area contributed by atoms with Gasteiger partial charge in [0.25, 0.3) is 0 Å². The first-order chi connectivity index (χ1) is 20.1. The van der Waals surface area contributed by atoms with Crippen LogP contribution < -0.4 is 5.32 Å². The van der Waals surface area contributed by atoms with Crippen molar-refractivity contribution >= 4 is 29.6 Å². The zero-order chi connectivity index (χ0) is 32.4. The van der Waals surface area contributed by atoms with E-state index in [1.807, 2.05) is 13.8 Å². The summed E-state index contributed by atoms with van der Waals surface area (Å²) in [5.41, 5.74) is 0.328. The van der Waals surface area contributed by atoms with E-state index >= 15 is 0 Å². The molecule has 1 aromatic rings. The molecule has 6 N–H and O–H groups in total. The van der Waals surface area contributed by atoms with Gasteiger partial charge >= 0.3 is 0 Å². The van der Waals surface area contributed by atoms with Crippen molar-refractivity contribution in [2.24, 2.45) is 17.3 Å². The maximum Gasteiger partial charge on any atom is 0.217 e. The zero-order valence-corrected chi connectivity index (χ0v) is 26.2. The Balaban J connectivity index is 2.06. The van der Waals surface area contributed by atoms with Crippen molar-refractivity contribution in [3.05, 3.63) is 33.4 Å². The van der Waals surface area contributed by atoms with Crippen molar-refractivity contribution in [3.63, 3.8) is 0 Å². The summed E-state index contributed by atoms with van der Waals surface area (Å²) in [6.07, 6.45) is -2.66. The van der Waals surface area contributed by atoms with E-state index < -0.39 is 60.4 Å². The van der Waals surface area contributed by atoms with E-state index in [2.05, 4.69) is 12.2 Å². The summed E-state index contributed by atoms with van der Waals surface area (Å²) >= 11 is 6.24. The van der Waals surface area contributed by atoms with Crippen LogP contribution in [-0.4, -0.2) is 86.9 Å². The molecule has 0 bridgehead atoms. The number of aromatic hydroxyl groups is 2. The summed E-state index contributed by atoms with van der Waals surface area (Å²) in [6.45, 7) is 9.87. The fourth-order valence-corrected chi connectivity index (χ4v) is 6.37. The van der Waals surface area contributed by atoms with Gasteiger partial charge < -0.3 is 40.3 Å². The van der Waals surface area contributed by atoms with Gasteiger partial charge in [-0.1, -0.05) is 38.4 Å². The molecule has 0 aromatic heterocycles. The topological polar surface area (TPSA) is 183 Å². The predicted molar refractivity (Wildman–Crippen MR) is 158 cm³/mol. The molecule has 1 aliphatic heterocycles. The van der Waals surface area contributed by atoms with Gasteiger partial charge in [0.1, 0.15) is 41.6 Å². The molecule has 1 amide bonds. The number of hydrogen-bond acceptors (Lipinski definition) is 10. The van der Waals surface area contributed by atoms with Crippen molar-refractivity contribution < 1.29 is 49.4 Å². The van der Waals surface area contributed by atoms with Crippen LogP contribution in [-0.2, 0) is 25.5 Å². The first kappa shape index (κ1) is 34.9. The summed E-state index contributed by atoms with van der Waals surface area (Å²) in [7, 11) is 0. The van der Waals surface area contributed by atoms with Crippen LogP contribution >= 0.6 is 11.6 Å². The number of ketones is 1. The third-order valence-electron chi connectivity index (χ3n) is 9.62. The van der Waals surface area contributed by atoms with Gasteiger partial charge in [-0.05, 0) is 55.6 Å². The summed E-state index contributed by atoms with van der Waals surface area (Å²) in [6, 6.07) is -1.18. The van der Waals surface area contributed by atoms with Crippen LogP contribution in [0.25, 0.3) is 0 Å². The highest BCUT2D eigenvalue weighted by Gasteiger charge is 2.49. The molecule has 1 saturated heterocycles. The third kappa shape index (κ3) is 7.08. The normalized spacial score (nSPS) is 32.4. The molecule has 2 fully saturated rings. The molecule has 0 unspecified atom stereocenters. The quantitative estimate of drug-likeness (QED) is 0.167. The number of amides is 1. The van der Waals surface area contributed by atoms with E-state index in [1.54, 1.807) is 13.0 Å². The number of rotatable bonds is 10. The Morgan fingerprint density at radius 3 is 2.44 bits per heavy atom. The van der Waals surface area contributed by atoms with Gasteiger partial charge in [-0.25, -0.2) is 0 Å². The van der Waals surface area contributed by atoms with Crippen LogP contribution in [0, 0.1) is 24.2 Å². The van der Waals surface area contributed by atoms with E-state index in [1.165, 1.54) is 13.8 Å². The molecule has 240 valence electrons. The second-order valence-electron chi connectivity index (χ2n) is 12.2. The van der Waals surface area contributed by atoms with Gasteiger partial charge in [-0.3, -0.25) is 14.4 Å². The van der Waals surface area contributed by atoms with Crippen molar-refractivity contribution in [3.8, 4) is 11.5 Å². The van der Waals surface area contributed by atoms with E-state index in [9.17, 15) is 39.9 Å². The molecule has 3 rings (SSSR count). The fraction of sp³-hybridized carbons (Fsp3) is 0.645. The zero-order valence-electron chi connectivity index (χ0n) is 25.5. The molecule has 11 nitrogen and oxygen atoms in total. The number of allylic oxidation sites excluding steroid dienone is 1. The first-order valence-corrected chi connectivity index (χ1v) is 14.9. The Bertz CT molecular complexity index is 1250. The van der Waals surface area contributed by atoms with Crippen molar-refractivity contribution in [1.82, 2.24) is 5.32 Å². The number of phenolic OH excluding ortho intramolecular Hbond substituents is 2. The highest BCUT2D eigenvalue weighted by atomic mass is 35.5. The minimum absolute atomic E-state index is 0.0355. The molecular formula is C31H44ClNO10. The molecule has 1 aliphatic carbocycles. The average Bonchev–Trinajstić information content (AvgIpc) is 2.96. The van der Waals surface area contributed by atoms with E-state index in [4.69, 9.17) is 21.1 Å². The monoisotopic (exact) mass is 625 g/mol. The van der Waals surface area contributed by atoms with E-state index in [0.717, 1.165) is 0 Å². The minimum atomic E-state index is -1.51. The number of aliphatic hydroxyl groups excluding tert-OH is 3. The smallest absolute Gasteiger partial charge is 0.217 e. The molecule has 0 spiro atoms. The van der Waals surface area contributed by atoms with Crippen LogP contribution in [0.3, 0.4) is 0 Å². The molecule has 43 heavy (non-hydrogen) atoms. The van der Waals surface area contributed by atoms with Gasteiger partial charge in [0.15, 0.2) is 12.6 Å². The number of ether oxygens (including phenoxy) is 2. The largest absolute Gasteiger partial charge is 0.507 e. The standard InChI is InChI=1S/C31H44ClNO10/c1-14(7-9-19-26(38)20(12-34)16(3)24(32)27(19)39)22(11-31(6)15(2)8-10-21(37)17(31)4)42-30-25(33-18(5)36)29(41)28(40)23(13-35)43-30/h7,12,15,17,22-23,25,28-30,35,38-41H,8-11,13H2,1-6H3,(H,33,36)/b14-7+/t15-,17+,22-,23-,25+,28+,29-,30-,31+/m1/s1. The predicted octanol–water partition coefficient (Wildman–Crippen LogP) is 2.72. The van der Waals surface area contributed by atoms with Crippen LogP contribution in [0.1, 0.15) is 75.4 Å². The maximum atomic E-state index is 12.8. The van der Waals surface area contributed by atoms with Crippen molar-refractivity contribution in [1.29, 1.82) is 0 Å². The van der Waals surface area contributed by atoms with Crippen molar-refractivity contribution in [2.45, 2.75) is 104 Å². The molecule has 9 atom stereocenters. The summed E-state index contributed by atoms with van der Waals surface area (Å²) in [5.74, 6) is -1.29. The fourth-order valence-electron chi connectivity index (χ4n) is 6.15. The number of carbonyl (C=O) groups is 3. The molecule has 1 aromatic carbocycles. The van der Waals surface area contributed by atoms with Gasteiger partial charge in [0, 0.05) is 24.8 Å². The average molecular weight is 626 g/mol. The molecule has 12 heteroatoms. The maximum absolute atomic E-state index is 12.8. The molecule has 1 saturated carbocycles. The van der Waals surface area contributed by atoms with Gasteiger partial charge in [-0.15, -0.1) is 0 Å². The second kappa shape index (κ2) is 14.0. The summed E-state index contributed by atoms with van der Waals surface area (Å²) < 4.78 is 12.3. The summed E-state index contributed by atoms with van der Waals surface area (Å²) in [4.78, 5) is 36.4. The molecule has 1 heterocycles. The lowest BCUT2D eigenvalue weighted by molar-refractivity contribution is -0.281. The van der Waals surface area contributed by atoms with Crippen LogP contribution in [0.15, 0.2) is 11.6 Å². The van der Waals surface area contributed by atoms with E-state index in [0.29, 0.717) is 31.1 Å². The lowest BCUT2D eigenvalue weighted by Gasteiger charge is -2.48. The van der Waals surface area contributed by atoms with Gasteiger partial charge in [0.05, 0.1) is 23.3 Å². The number of benzene rings is 1. The Morgan fingerprint density at radius 1 is 1.21 bits per heavy atom. The van der Waals surface area contributed by atoms with Crippen molar-refractivity contribution in [2.75, 3.05) is 6.61 Å². The molecule has 0 radical (unpaired) electrons. The third-order valence-corrected chi connectivity index (χ3v) is 10.1. The first-order valence-electron chi connectivity index (χ1n) is 14.5. The van der Waals surface area contributed by atoms with Gasteiger partial charge in [0.2, 0.25) is 5.91 Å². The van der Waals surface area contributed by atoms with Crippen LogP contribution in [0.4, 0.5) is 0 Å². The SMILES string of the molecule is CC(=O)N[C@@H]1[C@H](O[C@H](C[C@@]2(C)[C@H](C)CCC(=O)[C@@H]2C)/C(C)=C/Cc2c(O)c(Cl)c(C)c(C=O)c2O)O[C@H](CO)[C@H](O)[C@@H]1O. The van der Waals surface area contributed by atoms with Crippen LogP contribution in [0.2, 0.25) is 5.02 Å². The Morgan fingerprint density at radius 2 is 1.86 bits per heavy atom. The highest BCUT2D eigenvalue weighted by molar-refractivity contribution is 6.33. The number of phenols is 2. The number of halogens is 1. The lowest BCUT2D eigenvalue weighted by Crippen LogP contribution is -2.65. The number of Topliss-reactive ketones (excluding diaryl/α,β-unsaturated/α-hetero) is 1. The molecular weight excluding hydrogens is 582 g/mol. The number of carbonyl (C=O) groups excluding carboxylic acids is 3. The highest BCUT2D eigenvalue weighted by Crippen LogP contribution is 2.48. The second-order valence-corrected chi connectivity index (χ2v) is 12.6. The Kier molecular flexibility index (Phi) is 11.4. The number of hydrogen-bond donors (Lipinski definition) is 6. The minimum Gasteiger partial charge on any atom is -0.507 e. The summed E-state index contributed by atoms with van der Waals surface area (Å²) in [5, 5.41) is 55.0. The number of aldehydes is 1. The number of aliphatic hydroxyl groups is 3. The Hall–Kier alpha value is -2.54. The van der Waals surface area contributed by atoms with E-state index in [-0.39, 0.29) is 51.5 Å². The molecule has 2 aliphatic rings. The number of nitrogens with one attached hydrogen (secondary N) is 1.